The lowest BCUT2D eigenvalue weighted by Gasteiger charge is -2.21. The zero-order valence-corrected chi connectivity index (χ0v) is 15.3. The third-order valence-corrected chi connectivity index (χ3v) is 6.37. The molecular weight excluding hydrogens is 336 g/mol. The topological polar surface area (TPSA) is 57.7 Å². The summed E-state index contributed by atoms with van der Waals surface area (Å²) in [6.07, 6.45) is 0.702. The molecule has 0 radical (unpaired) electrons. The van der Waals surface area contributed by atoms with Crippen molar-refractivity contribution >= 4 is 21.6 Å². The smallest absolute Gasteiger partial charge is 0.264 e. The van der Waals surface area contributed by atoms with Gasteiger partial charge >= 0.3 is 0 Å². The van der Waals surface area contributed by atoms with E-state index in [-0.39, 0.29) is 10.8 Å². The maximum Gasteiger partial charge on any atom is 0.264 e. The molecule has 1 heterocycles. The van der Waals surface area contributed by atoms with Gasteiger partial charge in [0.25, 0.3) is 15.9 Å². The second-order valence-corrected chi connectivity index (χ2v) is 7.82. The highest BCUT2D eigenvalue weighted by Crippen LogP contribution is 2.32. The SMILES string of the molecule is CCN(CC)C(=O)c1cccc(S(=O)(=O)N2CCc3ccccc32)c1. The van der Waals surface area contributed by atoms with Crippen LogP contribution in [-0.4, -0.2) is 38.9 Å². The van der Waals surface area contributed by atoms with Crippen LogP contribution >= 0.6 is 0 Å². The van der Waals surface area contributed by atoms with Gasteiger partial charge in [0.1, 0.15) is 0 Å². The number of para-hydroxylation sites is 1. The van der Waals surface area contributed by atoms with E-state index < -0.39 is 10.0 Å². The van der Waals surface area contributed by atoms with E-state index in [1.54, 1.807) is 23.1 Å². The molecule has 0 atom stereocenters. The fourth-order valence-electron chi connectivity index (χ4n) is 3.17. The quantitative estimate of drug-likeness (QED) is 0.826. The number of anilines is 1. The fourth-order valence-corrected chi connectivity index (χ4v) is 4.72. The molecule has 25 heavy (non-hydrogen) atoms. The number of hydrogen-bond acceptors (Lipinski definition) is 3. The second kappa shape index (κ2) is 6.88. The van der Waals surface area contributed by atoms with Crippen molar-refractivity contribution in [3.05, 3.63) is 59.7 Å². The van der Waals surface area contributed by atoms with E-state index in [9.17, 15) is 13.2 Å². The Balaban J connectivity index is 1.97. The van der Waals surface area contributed by atoms with Crippen LogP contribution in [0.4, 0.5) is 5.69 Å². The van der Waals surface area contributed by atoms with Crippen LogP contribution in [0.2, 0.25) is 0 Å². The lowest BCUT2D eigenvalue weighted by atomic mass is 10.2. The Labute approximate surface area is 148 Å². The molecule has 5 nitrogen and oxygen atoms in total. The first-order valence-electron chi connectivity index (χ1n) is 8.49. The minimum absolute atomic E-state index is 0.149. The van der Waals surface area contributed by atoms with Gasteiger partial charge in [0.2, 0.25) is 0 Å². The lowest BCUT2D eigenvalue weighted by Crippen LogP contribution is -2.31. The molecule has 0 spiro atoms. The summed E-state index contributed by atoms with van der Waals surface area (Å²) >= 11 is 0. The molecule has 6 heteroatoms. The van der Waals surface area contributed by atoms with Gasteiger partial charge < -0.3 is 4.90 Å². The minimum atomic E-state index is -3.68. The first kappa shape index (κ1) is 17.5. The van der Waals surface area contributed by atoms with Crippen molar-refractivity contribution in [1.82, 2.24) is 4.90 Å². The number of carbonyl (C=O) groups excluding carboxylic acids is 1. The third kappa shape index (κ3) is 3.14. The predicted octanol–water partition coefficient (Wildman–Crippen LogP) is 2.92. The van der Waals surface area contributed by atoms with Gasteiger partial charge in [-0.15, -0.1) is 0 Å². The standard InChI is InChI=1S/C19H22N2O3S/c1-3-20(4-2)19(22)16-9-7-10-17(14-16)25(23,24)21-13-12-15-8-5-6-11-18(15)21/h5-11,14H,3-4,12-13H2,1-2H3. The number of sulfonamides is 1. The molecule has 0 unspecified atom stereocenters. The van der Waals surface area contributed by atoms with Crippen molar-refractivity contribution < 1.29 is 13.2 Å². The lowest BCUT2D eigenvalue weighted by molar-refractivity contribution is 0.0772. The summed E-state index contributed by atoms with van der Waals surface area (Å²) in [5.74, 6) is -0.149. The molecule has 0 aliphatic carbocycles. The fraction of sp³-hybridized carbons (Fsp3) is 0.316. The van der Waals surface area contributed by atoms with Crippen LogP contribution in [0.1, 0.15) is 29.8 Å². The molecule has 1 aliphatic rings. The molecule has 1 amide bonds. The van der Waals surface area contributed by atoms with E-state index in [1.165, 1.54) is 10.4 Å². The second-order valence-electron chi connectivity index (χ2n) is 5.96. The summed E-state index contributed by atoms with van der Waals surface area (Å²) in [5, 5.41) is 0. The zero-order valence-electron chi connectivity index (χ0n) is 14.5. The van der Waals surface area contributed by atoms with Gasteiger partial charge in [-0.3, -0.25) is 9.10 Å². The first-order valence-corrected chi connectivity index (χ1v) is 9.93. The van der Waals surface area contributed by atoms with E-state index in [0.29, 0.717) is 31.6 Å². The van der Waals surface area contributed by atoms with Crippen LogP contribution in [0.25, 0.3) is 0 Å². The Bertz CT molecular complexity index is 889. The van der Waals surface area contributed by atoms with Gasteiger partial charge in [-0.1, -0.05) is 24.3 Å². The maximum atomic E-state index is 13.1. The Kier molecular flexibility index (Phi) is 4.81. The number of nitrogens with zero attached hydrogens (tertiary/aromatic N) is 2. The molecule has 0 N–H and O–H groups in total. The van der Waals surface area contributed by atoms with Gasteiger partial charge in [0, 0.05) is 25.2 Å². The number of benzene rings is 2. The highest BCUT2D eigenvalue weighted by Gasteiger charge is 2.31. The zero-order chi connectivity index (χ0) is 18.0. The number of carbonyl (C=O) groups is 1. The third-order valence-electron chi connectivity index (χ3n) is 4.56. The molecule has 0 fully saturated rings. The summed E-state index contributed by atoms with van der Waals surface area (Å²) in [5.41, 5.74) is 2.15. The van der Waals surface area contributed by atoms with E-state index in [0.717, 1.165) is 11.3 Å². The molecule has 1 aliphatic heterocycles. The molecule has 2 aromatic rings. The van der Waals surface area contributed by atoms with Crippen molar-refractivity contribution in [3.8, 4) is 0 Å². The minimum Gasteiger partial charge on any atom is -0.339 e. The van der Waals surface area contributed by atoms with Crippen molar-refractivity contribution in [2.75, 3.05) is 23.9 Å². The van der Waals surface area contributed by atoms with Gasteiger partial charge in [-0.2, -0.15) is 0 Å². The molecule has 132 valence electrons. The number of hydrogen-bond donors (Lipinski definition) is 0. The van der Waals surface area contributed by atoms with Gasteiger partial charge in [0.05, 0.1) is 10.6 Å². The highest BCUT2D eigenvalue weighted by atomic mass is 32.2. The van der Waals surface area contributed by atoms with Crippen LogP contribution in [0.5, 0.6) is 0 Å². The van der Waals surface area contributed by atoms with Crippen LogP contribution < -0.4 is 4.31 Å². The Hall–Kier alpha value is -2.34. The van der Waals surface area contributed by atoms with Crippen molar-refractivity contribution in [2.24, 2.45) is 0 Å². The van der Waals surface area contributed by atoms with Crippen LogP contribution in [0, 0.1) is 0 Å². The van der Waals surface area contributed by atoms with Crippen molar-refractivity contribution in [1.29, 1.82) is 0 Å². The van der Waals surface area contributed by atoms with Gasteiger partial charge in [-0.05, 0) is 50.1 Å². The van der Waals surface area contributed by atoms with Crippen LogP contribution in [0.15, 0.2) is 53.4 Å². The molecule has 0 bridgehead atoms. The van der Waals surface area contributed by atoms with E-state index in [4.69, 9.17) is 0 Å². The normalized spacial score (nSPS) is 13.6. The monoisotopic (exact) mass is 358 g/mol. The average Bonchev–Trinajstić information content (AvgIpc) is 3.07. The van der Waals surface area contributed by atoms with Crippen LogP contribution in [-0.2, 0) is 16.4 Å². The largest absolute Gasteiger partial charge is 0.339 e. The number of amides is 1. The summed E-state index contributed by atoms with van der Waals surface area (Å²) in [6, 6.07) is 13.9. The van der Waals surface area contributed by atoms with Gasteiger partial charge in [-0.25, -0.2) is 8.42 Å². The average molecular weight is 358 g/mol. The molecule has 0 saturated heterocycles. The summed E-state index contributed by atoms with van der Waals surface area (Å²) in [7, 11) is -3.68. The summed E-state index contributed by atoms with van der Waals surface area (Å²) < 4.78 is 27.6. The number of rotatable bonds is 5. The van der Waals surface area contributed by atoms with Crippen molar-refractivity contribution in [2.45, 2.75) is 25.2 Å². The van der Waals surface area contributed by atoms with E-state index in [1.807, 2.05) is 38.1 Å². The highest BCUT2D eigenvalue weighted by molar-refractivity contribution is 7.92. The predicted molar refractivity (Wildman–Crippen MR) is 98.4 cm³/mol. The van der Waals surface area contributed by atoms with E-state index in [2.05, 4.69) is 0 Å². The Morgan fingerprint density at radius 1 is 1.08 bits per heavy atom. The number of fused-ring (bicyclic) bond motifs is 1. The summed E-state index contributed by atoms with van der Waals surface area (Å²) in [6.45, 7) is 5.42. The van der Waals surface area contributed by atoms with Crippen LogP contribution in [0.3, 0.4) is 0 Å². The van der Waals surface area contributed by atoms with Gasteiger partial charge in [0.15, 0.2) is 0 Å². The molecule has 2 aromatic carbocycles. The van der Waals surface area contributed by atoms with Crippen molar-refractivity contribution in [3.63, 3.8) is 0 Å². The Morgan fingerprint density at radius 3 is 2.52 bits per heavy atom. The van der Waals surface area contributed by atoms with E-state index >= 15 is 0 Å². The molecule has 3 rings (SSSR count). The molecule has 0 aromatic heterocycles. The maximum absolute atomic E-state index is 13.1. The molecular formula is C19H22N2O3S. The first-order chi connectivity index (χ1) is 12.0. The summed E-state index contributed by atoms with van der Waals surface area (Å²) in [4.78, 5) is 14.4. The molecule has 0 saturated carbocycles. The Morgan fingerprint density at radius 2 is 1.80 bits per heavy atom.